The first-order valence-corrected chi connectivity index (χ1v) is 12.6. The summed E-state index contributed by atoms with van der Waals surface area (Å²) in [6.07, 6.45) is 1.42. The monoisotopic (exact) mass is 491 g/mol. The Balaban J connectivity index is 1.50. The molecule has 3 aromatic rings. The quantitative estimate of drug-likeness (QED) is 0.260. The van der Waals surface area contributed by atoms with Gasteiger partial charge >= 0.3 is 0 Å². The smallest absolute Gasteiger partial charge is 0.261 e. The molecule has 1 heterocycles. The number of hydrogen-bond donors (Lipinski definition) is 3. The number of aromatic nitrogens is 3. The standard InChI is InChI=1S/C21H25N5O5S2/c1-3-30-17-6-4-16(5-7-17)26-33(28,29)18-8-9-19(15(2)12-18)31-13-20(27)22-10-11-32-21-23-14-24-25-21/h4-9,12,14,26H,3,10-11,13H2,1-2H3,(H,22,27)(H,23,24,25). The van der Waals surface area contributed by atoms with E-state index in [4.69, 9.17) is 9.47 Å². The molecular weight excluding hydrogens is 466 g/mol. The summed E-state index contributed by atoms with van der Waals surface area (Å²) in [7, 11) is -3.78. The third-order valence-electron chi connectivity index (χ3n) is 4.29. The maximum Gasteiger partial charge on any atom is 0.261 e. The van der Waals surface area contributed by atoms with E-state index in [1.807, 2.05) is 6.92 Å². The van der Waals surface area contributed by atoms with Crippen LogP contribution in [0.25, 0.3) is 0 Å². The molecule has 3 rings (SSSR count). The number of aryl methyl sites for hydroxylation is 1. The lowest BCUT2D eigenvalue weighted by Crippen LogP contribution is -2.30. The Bertz CT molecular complexity index is 1150. The number of anilines is 1. The summed E-state index contributed by atoms with van der Waals surface area (Å²) in [5.41, 5.74) is 1.02. The van der Waals surface area contributed by atoms with Crippen molar-refractivity contribution >= 4 is 33.4 Å². The zero-order chi connectivity index (χ0) is 23.7. The van der Waals surface area contributed by atoms with Gasteiger partial charge in [-0.15, -0.1) is 0 Å². The van der Waals surface area contributed by atoms with Crippen molar-refractivity contribution in [2.75, 3.05) is 30.2 Å². The molecule has 33 heavy (non-hydrogen) atoms. The highest BCUT2D eigenvalue weighted by atomic mass is 32.2. The third-order valence-corrected chi connectivity index (χ3v) is 6.55. The largest absolute Gasteiger partial charge is 0.494 e. The molecule has 0 unspecified atom stereocenters. The lowest BCUT2D eigenvalue weighted by molar-refractivity contribution is -0.122. The van der Waals surface area contributed by atoms with Crippen molar-refractivity contribution in [2.45, 2.75) is 23.9 Å². The molecule has 0 fully saturated rings. The second-order valence-electron chi connectivity index (χ2n) is 6.77. The van der Waals surface area contributed by atoms with Crippen LogP contribution in [0.4, 0.5) is 5.69 Å². The van der Waals surface area contributed by atoms with E-state index >= 15 is 0 Å². The molecule has 0 aliphatic carbocycles. The van der Waals surface area contributed by atoms with E-state index in [1.165, 1.54) is 36.3 Å². The van der Waals surface area contributed by atoms with Gasteiger partial charge in [-0.25, -0.2) is 13.4 Å². The first kappa shape index (κ1) is 24.4. The van der Waals surface area contributed by atoms with Crippen molar-refractivity contribution in [3.8, 4) is 11.5 Å². The highest BCUT2D eigenvalue weighted by Gasteiger charge is 2.16. The van der Waals surface area contributed by atoms with Crippen LogP contribution in [0.5, 0.6) is 11.5 Å². The number of ether oxygens (including phenoxy) is 2. The second-order valence-corrected chi connectivity index (χ2v) is 9.53. The SMILES string of the molecule is CCOc1ccc(NS(=O)(=O)c2ccc(OCC(=O)NCCSc3ncn[nH]3)c(C)c2)cc1. The first-order valence-electron chi connectivity index (χ1n) is 10.1. The van der Waals surface area contributed by atoms with Gasteiger partial charge in [0.2, 0.25) is 0 Å². The molecule has 0 radical (unpaired) electrons. The normalized spacial score (nSPS) is 11.1. The average molecular weight is 492 g/mol. The van der Waals surface area contributed by atoms with Crippen molar-refractivity contribution in [1.29, 1.82) is 0 Å². The minimum atomic E-state index is -3.78. The highest BCUT2D eigenvalue weighted by molar-refractivity contribution is 7.99. The van der Waals surface area contributed by atoms with Crippen LogP contribution in [0.1, 0.15) is 12.5 Å². The number of nitrogens with zero attached hydrogens (tertiary/aromatic N) is 2. The Kier molecular flexibility index (Phi) is 8.55. The van der Waals surface area contributed by atoms with Crippen LogP contribution in [-0.2, 0) is 14.8 Å². The minimum absolute atomic E-state index is 0.0927. The number of amides is 1. The summed E-state index contributed by atoms with van der Waals surface area (Å²) >= 11 is 1.44. The average Bonchev–Trinajstić information content (AvgIpc) is 3.31. The number of H-pyrrole nitrogens is 1. The molecule has 10 nitrogen and oxygen atoms in total. The number of hydrogen-bond acceptors (Lipinski definition) is 8. The van der Waals surface area contributed by atoms with Crippen LogP contribution < -0.4 is 19.5 Å². The summed E-state index contributed by atoms with van der Waals surface area (Å²) in [4.78, 5) is 16.1. The number of carbonyl (C=O) groups excluding carboxylic acids is 1. The van der Waals surface area contributed by atoms with E-state index in [0.717, 1.165) is 0 Å². The van der Waals surface area contributed by atoms with Gasteiger partial charge < -0.3 is 14.8 Å². The van der Waals surface area contributed by atoms with Crippen molar-refractivity contribution < 1.29 is 22.7 Å². The van der Waals surface area contributed by atoms with E-state index in [-0.39, 0.29) is 17.4 Å². The van der Waals surface area contributed by atoms with Gasteiger partial charge in [-0.05, 0) is 61.9 Å². The lowest BCUT2D eigenvalue weighted by Gasteiger charge is -2.13. The predicted octanol–water partition coefficient (Wildman–Crippen LogP) is 2.60. The number of thioether (sulfide) groups is 1. The second kappa shape index (κ2) is 11.6. The van der Waals surface area contributed by atoms with Gasteiger partial charge in [0.25, 0.3) is 15.9 Å². The number of rotatable bonds is 12. The molecule has 1 aromatic heterocycles. The van der Waals surface area contributed by atoms with Crippen molar-refractivity contribution in [3.63, 3.8) is 0 Å². The number of nitrogens with one attached hydrogen (secondary N) is 3. The fourth-order valence-electron chi connectivity index (χ4n) is 2.75. The molecule has 0 aliphatic heterocycles. The third kappa shape index (κ3) is 7.39. The Labute approximate surface area is 196 Å². The van der Waals surface area contributed by atoms with Gasteiger partial charge in [0.05, 0.1) is 11.5 Å². The molecule has 12 heteroatoms. The number of sulfonamides is 1. The van der Waals surface area contributed by atoms with E-state index in [2.05, 4.69) is 25.2 Å². The lowest BCUT2D eigenvalue weighted by atomic mass is 10.2. The molecular formula is C21H25N5O5S2. The van der Waals surface area contributed by atoms with Crippen molar-refractivity contribution in [1.82, 2.24) is 20.5 Å². The van der Waals surface area contributed by atoms with Crippen LogP contribution in [0.3, 0.4) is 0 Å². The minimum Gasteiger partial charge on any atom is -0.494 e. The molecule has 0 aliphatic rings. The molecule has 0 atom stereocenters. The summed E-state index contributed by atoms with van der Waals surface area (Å²) in [5, 5.41) is 9.91. The van der Waals surface area contributed by atoms with Crippen LogP contribution in [0.2, 0.25) is 0 Å². The zero-order valence-electron chi connectivity index (χ0n) is 18.2. The van der Waals surface area contributed by atoms with Crippen molar-refractivity contribution in [3.05, 3.63) is 54.4 Å². The molecule has 1 amide bonds. The zero-order valence-corrected chi connectivity index (χ0v) is 19.8. The maximum absolute atomic E-state index is 12.7. The summed E-state index contributed by atoms with van der Waals surface area (Å²) < 4.78 is 38.9. The predicted molar refractivity (Wildman–Crippen MR) is 125 cm³/mol. The van der Waals surface area contributed by atoms with E-state index in [0.29, 0.717) is 46.8 Å². The Morgan fingerprint density at radius 3 is 2.61 bits per heavy atom. The highest BCUT2D eigenvalue weighted by Crippen LogP contribution is 2.24. The van der Waals surface area contributed by atoms with E-state index in [1.54, 1.807) is 31.2 Å². The molecule has 0 saturated heterocycles. The molecule has 0 spiro atoms. The number of carbonyl (C=O) groups is 1. The van der Waals surface area contributed by atoms with E-state index < -0.39 is 10.0 Å². The number of aromatic amines is 1. The first-order chi connectivity index (χ1) is 15.9. The Hall–Kier alpha value is -3.25. The Morgan fingerprint density at radius 1 is 1.15 bits per heavy atom. The molecule has 3 N–H and O–H groups in total. The Morgan fingerprint density at radius 2 is 1.94 bits per heavy atom. The molecule has 0 bridgehead atoms. The number of benzene rings is 2. The summed E-state index contributed by atoms with van der Waals surface area (Å²) in [5.74, 6) is 1.45. The molecule has 176 valence electrons. The van der Waals surface area contributed by atoms with Gasteiger partial charge in [-0.3, -0.25) is 14.6 Å². The van der Waals surface area contributed by atoms with Crippen molar-refractivity contribution in [2.24, 2.45) is 0 Å². The topological polar surface area (TPSA) is 135 Å². The van der Waals surface area contributed by atoms with Crippen LogP contribution in [0, 0.1) is 6.92 Å². The van der Waals surface area contributed by atoms with Gasteiger partial charge in [0.1, 0.15) is 17.8 Å². The van der Waals surface area contributed by atoms with Gasteiger partial charge in [0, 0.05) is 18.0 Å². The fourth-order valence-corrected chi connectivity index (χ4v) is 4.53. The summed E-state index contributed by atoms with van der Waals surface area (Å²) in [6.45, 7) is 4.39. The van der Waals surface area contributed by atoms with Gasteiger partial charge in [-0.2, -0.15) is 5.10 Å². The molecule has 0 saturated carbocycles. The van der Waals surface area contributed by atoms with Crippen LogP contribution in [-0.4, -0.2) is 55.0 Å². The molecule has 2 aromatic carbocycles. The maximum atomic E-state index is 12.7. The summed E-state index contributed by atoms with van der Waals surface area (Å²) in [6, 6.07) is 11.1. The van der Waals surface area contributed by atoms with Gasteiger partial charge in [-0.1, -0.05) is 11.8 Å². The van der Waals surface area contributed by atoms with Gasteiger partial charge in [0.15, 0.2) is 11.8 Å². The van der Waals surface area contributed by atoms with E-state index in [9.17, 15) is 13.2 Å². The fraction of sp³-hybridized carbons (Fsp3) is 0.286. The van der Waals surface area contributed by atoms with Crippen LogP contribution in [0.15, 0.2) is 58.8 Å². The van der Waals surface area contributed by atoms with Crippen LogP contribution >= 0.6 is 11.8 Å².